The minimum Gasteiger partial charge on any atom is -0.504 e. The van der Waals surface area contributed by atoms with Crippen molar-refractivity contribution in [3.63, 3.8) is 0 Å². The first-order valence-electron chi connectivity index (χ1n) is 8.18. The molecule has 1 aliphatic heterocycles. The van der Waals surface area contributed by atoms with Crippen LogP contribution >= 0.6 is 27.3 Å². The van der Waals surface area contributed by atoms with E-state index in [0.717, 1.165) is 48.5 Å². The highest BCUT2D eigenvalue weighted by molar-refractivity contribution is 9.10. The standard InChI is InChI=1S/C19H17BrN2O3S/c1-9-10(2)26-18-16(9)19(24)22-5-4-11(17(22)21-18)6-12-7-15(25-3)14(23)8-13(12)20/h6-8,23H,4-5H2,1-3H3/b11-6-. The maximum Gasteiger partial charge on any atom is 0.262 e. The van der Waals surface area contributed by atoms with Crippen LogP contribution < -0.4 is 10.3 Å². The normalized spacial score (nSPS) is 15.0. The molecule has 0 spiro atoms. The Morgan fingerprint density at radius 2 is 2.15 bits per heavy atom. The maximum absolute atomic E-state index is 12.9. The molecular weight excluding hydrogens is 416 g/mol. The highest BCUT2D eigenvalue weighted by Gasteiger charge is 2.23. The van der Waals surface area contributed by atoms with E-state index < -0.39 is 0 Å². The molecule has 1 aromatic carbocycles. The van der Waals surface area contributed by atoms with Crippen molar-refractivity contribution in [1.82, 2.24) is 9.55 Å². The molecule has 2 aromatic heterocycles. The molecule has 0 amide bonds. The number of rotatable bonds is 2. The van der Waals surface area contributed by atoms with Crippen LogP contribution in [0.3, 0.4) is 0 Å². The maximum atomic E-state index is 12.9. The number of phenolic OH excluding ortho intramolecular Hbond substituents is 1. The lowest BCUT2D eigenvalue weighted by Gasteiger charge is -2.08. The fourth-order valence-corrected chi connectivity index (χ4v) is 4.75. The second-order valence-electron chi connectivity index (χ2n) is 6.32. The third-order valence-corrected chi connectivity index (χ3v) is 6.60. The van der Waals surface area contributed by atoms with Gasteiger partial charge in [0.25, 0.3) is 5.56 Å². The largest absolute Gasteiger partial charge is 0.504 e. The third-order valence-electron chi connectivity index (χ3n) is 4.81. The number of halogens is 1. The van der Waals surface area contributed by atoms with Crippen LogP contribution in [0, 0.1) is 13.8 Å². The molecule has 26 heavy (non-hydrogen) atoms. The smallest absolute Gasteiger partial charge is 0.262 e. The number of allylic oxidation sites excluding steroid dienone is 1. The van der Waals surface area contributed by atoms with Gasteiger partial charge in [-0.1, -0.05) is 15.9 Å². The van der Waals surface area contributed by atoms with Gasteiger partial charge in [-0.15, -0.1) is 11.3 Å². The zero-order chi connectivity index (χ0) is 18.6. The number of thiophene rings is 1. The number of phenols is 1. The highest BCUT2D eigenvalue weighted by Crippen LogP contribution is 2.36. The summed E-state index contributed by atoms with van der Waals surface area (Å²) in [5, 5.41) is 10.6. The van der Waals surface area contributed by atoms with Crippen LogP contribution in [0.25, 0.3) is 21.9 Å². The molecule has 0 radical (unpaired) electrons. The third kappa shape index (κ3) is 2.57. The number of benzene rings is 1. The minimum atomic E-state index is 0.0394. The minimum absolute atomic E-state index is 0.0394. The molecule has 3 heterocycles. The summed E-state index contributed by atoms with van der Waals surface area (Å²) in [5.74, 6) is 1.21. The first kappa shape index (κ1) is 17.3. The van der Waals surface area contributed by atoms with E-state index in [1.165, 1.54) is 7.11 Å². The zero-order valence-electron chi connectivity index (χ0n) is 14.6. The van der Waals surface area contributed by atoms with Crippen molar-refractivity contribution < 1.29 is 9.84 Å². The summed E-state index contributed by atoms with van der Waals surface area (Å²) in [6, 6.07) is 3.38. The van der Waals surface area contributed by atoms with Crippen LogP contribution in [0.15, 0.2) is 21.4 Å². The van der Waals surface area contributed by atoms with Crippen molar-refractivity contribution in [2.75, 3.05) is 7.11 Å². The number of ether oxygens (including phenoxy) is 1. The quantitative estimate of drug-likeness (QED) is 0.647. The number of methoxy groups -OCH3 is 1. The van der Waals surface area contributed by atoms with Crippen molar-refractivity contribution in [3.8, 4) is 11.5 Å². The Hall–Kier alpha value is -2.12. The van der Waals surface area contributed by atoms with Crippen LogP contribution in [0.5, 0.6) is 11.5 Å². The van der Waals surface area contributed by atoms with E-state index in [2.05, 4.69) is 15.9 Å². The van der Waals surface area contributed by atoms with E-state index in [1.807, 2.05) is 19.9 Å². The molecule has 0 atom stereocenters. The predicted molar refractivity (Wildman–Crippen MR) is 108 cm³/mol. The number of aromatic nitrogens is 2. The fraction of sp³-hybridized carbons (Fsp3) is 0.263. The average Bonchev–Trinajstić information content (AvgIpc) is 3.12. The molecule has 7 heteroatoms. The Bertz CT molecular complexity index is 1140. The van der Waals surface area contributed by atoms with Gasteiger partial charge >= 0.3 is 0 Å². The van der Waals surface area contributed by atoms with E-state index >= 15 is 0 Å². The van der Waals surface area contributed by atoms with Gasteiger partial charge in [0.2, 0.25) is 0 Å². The van der Waals surface area contributed by atoms with Crippen molar-refractivity contribution >= 4 is 49.1 Å². The summed E-state index contributed by atoms with van der Waals surface area (Å²) in [7, 11) is 1.52. The van der Waals surface area contributed by atoms with Gasteiger partial charge in [0.1, 0.15) is 10.7 Å². The highest BCUT2D eigenvalue weighted by atomic mass is 79.9. The molecule has 0 saturated heterocycles. The number of hydrogen-bond acceptors (Lipinski definition) is 5. The first-order valence-corrected chi connectivity index (χ1v) is 9.79. The second kappa shape index (κ2) is 6.25. The van der Waals surface area contributed by atoms with Gasteiger partial charge in [0.05, 0.1) is 12.5 Å². The number of hydrogen-bond donors (Lipinski definition) is 1. The molecular formula is C19H17BrN2O3S. The fourth-order valence-electron chi connectivity index (χ4n) is 3.28. The topological polar surface area (TPSA) is 64.4 Å². The van der Waals surface area contributed by atoms with E-state index in [9.17, 15) is 9.90 Å². The SMILES string of the molecule is COc1cc(/C=C2/CCn3c2nc2sc(C)c(C)c2c3=O)c(Br)cc1O. The summed E-state index contributed by atoms with van der Waals surface area (Å²) in [5.41, 5.74) is 2.94. The number of aryl methyl sites for hydroxylation is 2. The molecule has 1 aliphatic rings. The lowest BCUT2D eigenvalue weighted by atomic mass is 10.1. The molecule has 5 nitrogen and oxygen atoms in total. The molecule has 0 fully saturated rings. The van der Waals surface area contributed by atoms with Crippen molar-refractivity contribution in [3.05, 3.63) is 48.8 Å². The Morgan fingerprint density at radius 3 is 2.88 bits per heavy atom. The molecule has 4 rings (SSSR count). The first-order chi connectivity index (χ1) is 12.4. The van der Waals surface area contributed by atoms with Gasteiger partial charge in [0.15, 0.2) is 11.5 Å². The summed E-state index contributed by atoms with van der Waals surface area (Å²) in [4.78, 5) is 19.6. The summed E-state index contributed by atoms with van der Waals surface area (Å²) < 4.78 is 7.72. The van der Waals surface area contributed by atoms with Gasteiger partial charge in [-0.25, -0.2) is 4.98 Å². The average molecular weight is 433 g/mol. The van der Waals surface area contributed by atoms with E-state index in [1.54, 1.807) is 28.0 Å². The Labute approximate surface area is 162 Å². The monoisotopic (exact) mass is 432 g/mol. The van der Waals surface area contributed by atoms with E-state index in [-0.39, 0.29) is 11.3 Å². The Morgan fingerprint density at radius 1 is 1.38 bits per heavy atom. The molecule has 0 bridgehead atoms. The number of fused-ring (bicyclic) bond motifs is 2. The van der Waals surface area contributed by atoms with Crippen LogP contribution in [0.2, 0.25) is 0 Å². The summed E-state index contributed by atoms with van der Waals surface area (Å²) in [6.45, 7) is 4.63. The van der Waals surface area contributed by atoms with Gasteiger partial charge in [-0.05, 0) is 55.2 Å². The molecule has 1 N–H and O–H groups in total. The van der Waals surface area contributed by atoms with Gasteiger partial charge in [-0.2, -0.15) is 0 Å². The van der Waals surface area contributed by atoms with Crippen LogP contribution in [0.4, 0.5) is 0 Å². The number of nitrogens with zero attached hydrogens (tertiary/aromatic N) is 2. The molecule has 134 valence electrons. The number of aromatic hydroxyl groups is 1. The second-order valence-corrected chi connectivity index (χ2v) is 8.38. The van der Waals surface area contributed by atoms with Gasteiger partial charge in [0, 0.05) is 15.9 Å². The molecule has 0 aliphatic carbocycles. The predicted octanol–water partition coefficient (Wildman–Crippen LogP) is 4.50. The van der Waals surface area contributed by atoms with E-state index in [0.29, 0.717) is 12.3 Å². The molecule has 3 aromatic rings. The van der Waals surface area contributed by atoms with Gasteiger partial charge < -0.3 is 9.84 Å². The summed E-state index contributed by atoms with van der Waals surface area (Å²) in [6.07, 6.45) is 2.74. The van der Waals surface area contributed by atoms with Gasteiger partial charge in [-0.3, -0.25) is 9.36 Å². The van der Waals surface area contributed by atoms with Crippen LogP contribution in [0.1, 0.15) is 28.2 Å². The van der Waals surface area contributed by atoms with Crippen molar-refractivity contribution in [2.45, 2.75) is 26.8 Å². The van der Waals surface area contributed by atoms with E-state index in [4.69, 9.17) is 9.72 Å². The molecule has 0 unspecified atom stereocenters. The Kier molecular flexibility index (Phi) is 4.16. The van der Waals surface area contributed by atoms with Crippen molar-refractivity contribution in [2.24, 2.45) is 0 Å². The lowest BCUT2D eigenvalue weighted by Crippen LogP contribution is -2.20. The Balaban J connectivity index is 1.90. The van der Waals surface area contributed by atoms with Crippen LogP contribution in [-0.2, 0) is 6.54 Å². The van der Waals surface area contributed by atoms with Crippen molar-refractivity contribution in [1.29, 1.82) is 0 Å². The van der Waals surface area contributed by atoms with Crippen LogP contribution in [-0.4, -0.2) is 21.8 Å². The molecule has 0 saturated carbocycles. The summed E-state index contributed by atoms with van der Waals surface area (Å²) >= 11 is 5.04. The lowest BCUT2D eigenvalue weighted by molar-refractivity contribution is 0.373. The zero-order valence-corrected chi connectivity index (χ0v) is 17.0.